The lowest BCUT2D eigenvalue weighted by Gasteiger charge is -2.29. The Bertz CT molecular complexity index is 210. The number of rotatable bonds is 3. The van der Waals surface area contributed by atoms with Gasteiger partial charge in [0.25, 0.3) is 0 Å². The van der Waals surface area contributed by atoms with E-state index in [1.54, 1.807) is 0 Å². The van der Waals surface area contributed by atoms with E-state index in [2.05, 4.69) is 35.2 Å². The number of hydrogen-bond donors (Lipinski definition) is 1. The van der Waals surface area contributed by atoms with Crippen LogP contribution in [0.1, 0.15) is 39.0 Å². The predicted molar refractivity (Wildman–Crippen MR) is 73.2 cm³/mol. The van der Waals surface area contributed by atoms with Crippen molar-refractivity contribution in [1.29, 1.82) is 0 Å². The van der Waals surface area contributed by atoms with Crippen molar-refractivity contribution in [2.75, 3.05) is 25.9 Å². The Hall–Kier alpha value is 0.270. The van der Waals surface area contributed by atoms with E-state index >= 15 is 0 Å². The van der Waals surface area contributed by atoms with Gasteiger partial charge in [0.1, 0.15) is 0 Å². The van der Waals surface area contributed by atoms with Crippen molar-refractivity contribution in [1.82, 2.24) is 10.2 Å². The Kier molecular flexibility index (Phi) is 4.98. The number of thioether (sulfide) groups is 1. The lowest BCUT2D eigenvalue weighted by atomic mass is 10.1. The van der Waals surface area contributed by atoms with Gasteiger partial charge in [0.15, 0.2) is 0 Å². The molecule has 16 heavy (non-hydrogen) atoms. The maximum Gasteiger partial charge on any atom is 0.0192 e. The molecule has 1 N–H and O–H groups in total. The molecule has 3 heteroatoms. The van der Waals surface area contributed by atoms with Gasteiger partial charge in [-0.3, -0.25) is 4.90 Å². The van der Waals surface area contributed by atoms with E-state index in [4.69, 9.17) is 0 Å². The summed E-state index contributed by atoms with van der Waals surface area (Å²) in [6.07, 6.45) is 9.17. The molecule has 3 atom stereocenters. The van der Waals surface area contributed by atoms with E-state index in [0.29, 0.717) is 0 Å². The van der Waals surface area contributed by atoms with Gasteiger partial charge in [0.05, 0.1) is 0 Å². The molecule has 0 spiro atoms. The molecule has 1 heterocycles. The fourth-order valence-electron chi connectivity index (χ4n) is 3.10. The SMILES string of the molecule is CCC1CN(C2CCC(SC)C2)CCCN1. The van der Waals surface area contributed by atoms with Gasteiger partial charge >= 0.3 is 0 Å². The lowest BCUT2D eigenvalue weighted by molar-refractivity contribution is 0.194. The normalized spacial score (nSPS) is 37.5. The minimum atomic E-state index is 0.732. The summed E-state index contributed by atoms with van der Waals surface area (Å²) in [5.41, 5.74) is 0. The molecule has 0 radical (unpaired) electrons. The third kappa shape index (κ3) is 3.14. The molecule has 1 saturated carbocycles. The quantitative estimate of drug-likeness (QED) is 0.818. The van der Waals surface area contributed by atoms with Crippen molar-refractivity contribution in [3.8, 4) is 0 Å². The van der Waals surface area contributed by atoms with E-state index < -0.39 is 0 Å². The second kappa shape index (κ2) is 6.27. The van der Waals surface area contributed by atoms with Crippen molar-refractivity contribution in [2.45, 2.75) is 56.4 Å². The van der Waals surface area contributed by atoms with E-state index in [0.717, 1.165) is 17.3 Å². The third-order valence-electron chi connectivity index (χ3n) is 4.21. The zero-order valence-corrected chi connectivity index (χ0v) is 11.6. The molecule has 0 bridgehead atoms. The van der Waals surface area contributed by atoms with Gasteiger partial charge in [-0.2, -0.15) is 11.8 Å². The number of nitrogens with zero attached hydrogens (tertiary/aromatic N) is 1. The zero-order chi connectivity index (χ0) is 11.4. The highest BCUT2D eigenvalue weighted by molar-refractivity contribution is 7.99. The van der Waals surface area contributed by atoms with E-state index in [1.165, 1.54) is 51.7 Å². The van der Waals surface area contributed by atoms with Gasteiger partial charge < -0.3 is 5.32 Å². The van der Waals surface area contributed by atoms with Crippen LogP contribution < -0.4 is 5.32 Å². The lowest BCUT2D eigenvalue weighted by Crippen LogP contribution is -2.41. The molecule has 1 saturated heterocycles. The van der Waals surface area contributed by atoms with Crippen LogP contribution in [0, 0.1) is 0 Å². The molecule has 1 aliphatic carbocycles. The molecule has 94 valence electrons. The molecule has 1 aliphatic heterocycles. The molecule has 2 nitrogen and oxygen atoms in total. The van der Waals surface area contributed by atoms with Crippen LogP contribution >= 0.6 is 11.8 Å². The first kappa shape index (κ1) is 12.7. The highest BCUT2D eigenvalue weighted by Gasteiger charge is 2.30. The van der Waals surface area contributed by atoms with Crippen LogP contribution in [0.15, 0.2) is 0 Å². The fourth-order valence-corrected chi connectivity index (χ4v) is 3.88. The van der Waals surface area contributed by atoms with Crippen LogP contribution in [0.5, 0.6) is 0 Å². The smallest absolute Gasteiger partial charge is 0.0192 e. The van der Waals surface area contributed by atoms with Gasteiger partial charge in [-0.05, 0) is 51.4 Å². The third-order valence-corrected chi connectivity index (χ3v) is 5.30. The largest absolute Gasteiger partial charge is 0.313 e. The van der Waals surface area contributed by atoms with Crippen LogP contribution in [0.3, 0.4) is 0 Å². The fraction of sp³-hybridized carbons (Fsp3) is 1.00. The maximum atomic E-state index is 3.66. The first-order valence-electron chi connectivity index (χ1n) is 6.83. The average molecular weight is 242 g/mol. The second-order valence-corrected chi connectivity index (χ2v) is 6.37. The van der Waals surface area contributed by atoms with Crippen LogP contribution in [-0.4, -0.2) is 48.1 Å². The number of nitrogens with one attached hydrogen (secondary N) is 1. The molecule has 0 amide bonds. The summed E-state index contributed by atoms with van der Waals surface area (Å²) >= 11 is 2.07. The molecular formula is C13H26N2S. The zero-order valence-electron chi connectivity index (χ0n) is 10.7. The standard InChI is InChI=1S/C13H26N2S/c1-3-11-10-15(8-4-7-14-11)12-5-6-13(9-12)16-2/h11-14H,3-10H2,1-2H3. The van der Waals surface area contributed by atoms with Crippen LogP contribution in [0.4, 0.5) is 0 Å². The summed E-state index contributed by atoms with van der Waals surface area (Å²) in [5, 5.41) is 4.59. The van der Waals surface area contributed by atoms with Crippen molar-refractivity contribution in [3.05, 3.63) is 0 Å². The Labute approximate surface area is 105 Å². The summed E-state index contributed by atoms with van der Waals surface area (Å²) < 4.78 is 0. The highest BCUT2D eigenvalue weighted by Crippen LogP contribution is 2.31. The van der Waals surface area contributed by atoms with Crippen LogP contribution in [0.25, 0.3) is 0 Å². The van der Waals surface area contributed by atoms with Gasteiger partial charge in [0, 0.05) is 23.9 Å². The predicted octanol–water partition coefficient (Wildman–Crippen LogP) is 2.34. The summed E-state index contributed by atoms with van der Waals surface area (Å²) in [6.45, 7) is 6.12. The molecule has 2 aliphatic rings. The first-order chi connectivity index (χ1) is 7.83. The van der Waals surface area contributed by atoms with E-state index in [-0.39, 0.29) is 0 Å². The summed E-state index contributed by atoms with van der Waals surface area (Å²) in [5.74, 6) is 0. The first-order valence-corrected chi connectivity index (χ1v) is 8.12. The molecule has 0 aromatic rings. The van der Waals surface area contributed by atoms with Crippen LogP contribution in [-0.2, 0) is 0 Å². The molecule has 0 aromatic heterocycles. The summed E-state index contributed by atoms with van der Waals surface area (Å²) in [7, 11) is 0. The molecule has 0 aromatic carbocycles. The Morgan fingerprint density at radius 1 is 1.38 bits per heavy atom. The highest BCUT2D eigenvalue weighted by atomic mass is 32.2. The molecule has 2 rings (SSSR count). The van der Waals surface area contributed by atoms with Gasteiger partial charge in [-0.25, -0.2) is 0 Å². The monoisotopic (exact) mass is 242 g/mol. The van der Waals surface area contributed by atoms with Gasteiger partial charge in [-0.1, -0.05) is 6.92 Å². The summed E-state index contributed by atoms with van der Waals surface area (Å²) in [4.78, 5) is 2.77. The van der Waals surface area contributed by atoms with E-state index in [1.807, 2.05) is 0 Å². The maximum absolute atomic E-state index is 3.66. The minimum Gasteiger partial charge on any atom is -0.313 e. The van der Waals surface area contributed by atoms with Crippen molar-refractivity contribution in [2.24, 2.45) is 0 Å². The minimum absolute atomic E-state index is 0.732. The summed E-state index contributed by atoms with van der Waals surface area (Å²) in [6, 6.07) is 1.61. The van der Waals surface area contributed by atoms with Gasteiger partial charge in [0.2, 0.25) is 0 Å². The average Bonchev–Trinajstić information content (AvgIpc) is 2.67. The Morgan fingerprint density at radius 3 is 2.94 bits per heavy atom. The van der Waals surface area contributed by atoms with Crippen LogP contribution in [0.2, 0.25) is 0 Å². The molecule has 2 fully saturated rings. The molecule has 3 unspecified atom stereocenters. The Morgan fingerprint density at radius 2 is 2.25 bits per heavy atom. The second-order valence-electron chi connectivity index (χ2n) is 5.23. The number of hydrogen-bond acceptors (Lipinski definition) is 3. The van der Waals surface area contributed by atoms with Gasteiger partial charge in [-0.15, -0.1) is 0 Å². The Balaban J connectivity index is 1.87. The topological polar surface area (TPSA) is 15.3 Å². The van der Waals surface area contributed by atoms with Crippen molar-refractivity contribution < 1.29 is 0 Å². The van der Waals surface area contributed by atoms with Crippen molar-refractivity contribution >= 4 is 11.8 Å². The molecular weight excluding hydrogens is 216 g/mol. The van der Waals surface area contributed by atoms with E-state index in [9.17, 15) is 0 Å². The van der Waals surface area contributed by atoms with Crippen molar-refractivity contribution in [3.63, 3.8) is 0 Å².